The zero-order chi connectivity index (χ0) is 26.6. The van der Waals surface area contributed by atoms with Crippen molar-refractivity contribution in [2.45, 2.75) is 29.6 Å². The van der Waals surface area contributed by atoms with Gasteiger partial charge in [0.2, 0.25) is 5.91 Å². The minimum absolute atomic E-state index is 0.0562. The molecule has 2 atom stereocenters. The van der Waals surface area contributed by atoms with Crippen LogP contribution in [-0.2, 0) is 19.6 Å². The van der Waals surface area contributed by atoms with Crippen LogP contribution in [0.2, 0.25) is 0 Å². The number of carbonyl (C=O) groups is 2. The minimum Gasteiger partial charge on any atom is -0.497 e. The Bertz CT molecular complexity index is 1190. The number of nitrogens with one attached hydrogen (secondary N) is 1. The molecule has 2 aliphatic heterocycles. The summed E-state index contributed by atoms with van der Waals surface area (Å²) in [6, 6.07) is 10.7. The van der Waals surface area contributed by atoms with Gasteiger partial charge in [-0.25, -0.2) is 8.42 Å². The summed E-state index contributed by atoms with van der Waals surface area (Å²) in [7, 11) is -0.308. The third-order valence-corrected chi connectivity index (χ3v) is 10.0. The van der Waals surface area contributed by atoms with Crippen molar-refractivity contribution in [1.82, 2.24) is 19.4 Å². The number of piperazine rings is 1. The molecule has 0 spiro atoms. The first kappa shape index (κ1) is 27.5. The summed E-state index contributed by atoms with van der Waals surface area (Å²) in [5.74, 6) is -0.567. The Kier molecular flexibility index (Phi) is 8.86. The number of carboxylic acids is 1. The van der Waals surface area contributed by atoms with Crippen LogP contribution in [-0.4, -0.2) is 99.7 Å². The quantitative estimate of drug-likeness (QED) is 0.487. The van der Waals surface area contributed by atoms with E-state index >= 15 is 0 Å². The molecular formula is C25H34N4O6S2. The highest BCUT2D eigenvalue weighted by Crippen LogP contribution is 2.33. The van der Waals surface area contributed by atoms with Gasteiger partial charge in [0.25, 0.3) is 10.0 Å². The molecule has 1 aromatic heterocycles. The predicted octanol–water partition coefficient (Wildman–Crippen LogP) is 1.99. The van der Waals surface area contributed by atoms with Gasteiger partial charge in [-0.05, 0) is 67.8 Å². The highest BCUT2D eigenvalue weighted by atomic mass is 32.2. The molecule has 2 saturated heterocycles. The fourth-order valence-electron chi connectivity index (χ4n) is 4.78. The number of likely N-dealkylation sites (N-methyl/N-ethyl adjacent to an activating group) is 1. The maximum Gasteiger partial charge on any atom is 0.303 e. The molecule has 10 nitrogen and oxygen atoms in total. The third kappa shape index (κ3) is 7.08. The molecule has 2 fully saturated rings. The number of thiophene rings is 1. The maximum absolute atomic E-state index is 13.4. The number of carboxylic acid groups (broad SMARTS) is 1. The van der Waals surface area contributed by atoms with Gasteiger partial charge >= 0.3 is 5.97 Å². The fourth-order valence-corrected chi connectivity index (χ4v) is 7.32. The lowest BCUT2D eigenvalue weighted by molar-refractivity contribution is -0.140. The van der Waals surface area contributed by atoms with Gasteiger partial charge in [0.1, 0.15) is 9.96 Å². The van der Waals surface area contributed by atoms with Crippen molar-refractivity contribution in [3.63, 3.8) is 0 Å². The second kappa shape index (κ2) is 11.9. The van der Waals surface area contributed by atoms with Crippen molar-refractivity contribution in [3.05, 3.63) is 36.4 Å². The number of piperidine rings is 1. The average Bonchev–Trinajstić information content (AvgIpc) is 3.37. The van der Waals surface area contributed by atoms with E-state index < -0.39 is 22.2 Å². The van der Waals surface area contributed by atoms with E-state index in [-0.39, 0.29) is 35.4 Å². The number of amides is 1. The van der Waals surface area contributed by atoms with E-state index in [1.807, 2.05) is 31.3 Å². The zero-order valence-electron chi connectivity index (χ0n) is 21.1. The standard InChI is InChI=1S/C25H34N4O6S2/c1-27-11-13-28(14-12-27)17-23(30)29-10-9-18(16-24(31)32)15-22(29)26-37(33,34)25-8-7-21(36-25)19-3-5-20(35-2)6-4-19/h3-8,18,22,26H,9-17H2,1-2H3,(H,31,32)/t18?,22-/m0/s1. The van der Waals surface area contributed by atoms with E-state index in [0.717, 1.165) is 48.0 Å². The topological polar surface area (TPSA) is 119 Å². The summed E-state index contributed by atoms with van der Waals surface area (Å²) in [4.78, 5) is 31.2. The Morgan fingerprint density at radius 3 is 2.43 bits per heavy atom. The Hall–Kier alpha value is -2.51. The molecule has 1 unspecified atom stereocenters. The number of carbonyl (C=O) groups excluding carboxylic acids is 1. The molecule has 0 saturated carbocycles. The largest absolute Gasteiger partial charge is 0.497 e. The second-order valence-corrected chi connectivity index (χ2v) is 12.7. The monoisotopic (exact) mass is 550 g/mol. The lowest BCUT2D eigenvalue weighted by atomic mass is 9.91. The van der Waals surface area contributed by atoms with Gasteiger partial charge in [0.05, 0.1) is 19.8 Å². The summed E-state index contributed by atoms with van der Waals surface area (Å²) in [5, 5.41) is 9.28. The number of ether oxygens (including phenoxy) is 1. The Morgan fingerprint density at radius 2 is 1.78 bits per heavy atom. The number of sulfonamides is 1. The summed E-state index contributed by atoms with van der Waals surface area (Å²) in [6.45, 7) is 3.84. The van der Waals surface area contributed by atoms with Crippen LogP contribution >= 0.6 is 11.3 Å². The minimum atomic E-state index is -3.94. The first-order valence-corrected chi connectivity index (χ1v) is 14.6. The van der Waals surface area contributed by atoms with E-state index in [4.69, 9.17) is 4.74 Å². The summed E-state index contributed by atoms with van der Waals surface area (Å²) in [5.41, 5.74) is 0.871. The number of benzene rings is 1. The van der Waals surface area contributed by atoms with E-state index in [9.17, 15) is 23.1 Å². The van der Waals surface area contributed by atoms with E-state index in [1.54, 1.807) is 24.1 Å². The van der Waals surface area contributed by atoms with Crippen LogP contribution < -0.4 is 9.46 Å². The van der Waals surface area contributed by atoms with E-state index in [2.05, 4.69) is 14.5 Å². The van der Waals surface area contributed by atoms with Gasteiger partial charge in [0, 0.05) is 44.0 Å². The zero-order valence-corrected chi connectivity index (χ0v) is 22.8. The summed E-state index contributed by atoms with van der Waals surface area (Å²) < 4.78 is 34.8. The van der Waals surface area contributed by atoms with Crippen LogP contribution in [0.4, 0.5) is 0 Å². The van der Waals surface area contributed by atoms with Gasteiger partial charge in [-0.1, -0.05) is 0 Å². The van der Waals surface area contributed by atoms with Crippen LogP contribution in [0.1, 0.15) is 19.3 Å². The molecule has 2 aliphatic rings. The number of nitrogens with zero attached hydrogens (tertiary/aromatic N) is 3. The number of hydrogen-bond acceptors (Lipinski definition) is 8. The van der Waals surface area contributed by atoms with Crippen molar-refractivity contribution in [1.29, 1.82) is 0 Å². The van der Waals surface area contributed by atoms with Crippen LogP contribution in [0, 0.1) is 5.92 Å². The summed E-state index contributed by atoms with van der Waals surface area (Å²) in [6.07, 6.45) is -0.0648. The summed E-state index contributed by atoms with van der Waals surface area (Å²) >= 11 is 1.14. The molecule has 12 heteroatoms. The SMILES string of the molecule is COc1ccc(-c2ccc(S(=O)(=O)N[C@@H]3CC(CC(=O)O)CCN3C(=O)CN3CCN(C)CC3)s2)cc1. The number of methoxy groups -OCH3 is 1. The van der Waals surface area contributed by atoms with Gasteiger partial charge in [0.15, 0.2) is 0 Å². The number of aliphatic carboxylic acids is 1. The van der Waals surface area contributed by atoms with Gasteiger partial charge < -0.3 is 19.6 Å². The van der Waals surface area contributed by atoms with Crippen LogP contribution in [0.5, 0.6) is 5.75 Å². The van der Waals surface area contributed by atoms with Crippen molar-refractivity contribution in [2.75, 3.05) is 53.4 Å². The average molecular weight is 551 g/mol. The highest BCUT2D eigenvalue weighted by molar-refractivity contribution is 7.91. The molecule has 0 radical (unpaired) electrons. The van der Waals surface area contributed by atoms with Gasteiger partial charge in [-0.2, -0.15) is 4.72 Å². The van der Waals surface area contributed by atoms with Crippen molar-refractivity contribution in [3.8, 4) is 16.2 Å². The lowest BCUT2D eigenvalue weighted by Crippen LogP contribution is -2.57. The second-order valence-electron chi connectivity index (χ2n) is 9.64. The fraction of sp³-hybridized carbons (Fsp3) is 0.520. The maximum atomic E-state index is 13.4. The van der Waals surface area contributed by atoms with Gasteiger partial charge in [-0.15, -0.1) is 11.3 Å². The van der Waals surface area contributed by atoms with Crippen LogP contribution in [0.15, 0.2) is 40.6 Å². The molecule has 1 amide bonds. The molecular weight excluding hydrogens is 516 g/mol. The molecule has 3 heterocycles. The first-order chi connectivity index (χ1) is 17.6. The van der Waals surface area contributed by atoms with Crippen molar-refractivity contribution >= 4 is 33.2 Å². The molecule has 0 bridgehead atoms. The molecule has 0 aliphatic carbocycles. The third-order valence-electron chi connectivity index (χ3n) is 6.96. The highest BCUT2D eigenvalue weighted by Gasteiger charge is 2.36. The molecule has 2 aromatic rings. The van der Waals surface area contributed by atoms with Crippen LogP contribution in [0.3, 0.4) is 0 Å². The molecule has 2 N–H and O–H groups in total. The van der Waals surface area contributed by atoms with Crippen LogP contribution in [0.25, 0.3) is 10.4 Å². The smallest absolute Gasteiger partial charge is 0.303 e. The number of likely N-dealkylation sites (tertiary alicyclic amines) is 1. The Balaban J connectivity index is 1.49. The molecule has 4 rings (SSSR count). The molecule has 202 valence electrons. The van der Waals surface area contributed by atoms with E-state index in [1.165, 1.54) is 0 Å². The van der Waals surface area contributed by atoms with Gasteiger partial charge in [-0.3, -0.25) is 14.5 Å². The van der Waals surface area contributed by atoms with Crippen molar-refractivity contribution in [2.24, 2.45) is 5.92 Å². The predicted molar refractivity (Wildman–Crippen MR) is 141 cm³/mol. The molecule has 1 aromatic carbocycles. The first-order valence-electron chi connectivity index (χ1n) is 12.3. The normalized spacial score (nSPS) is 21.6. The Labute approximate surface area is 221 Å². The molecule has 37 heavy (non-hydrogen) atoms. The number of rotatable bonds is 9. The van der Waals surface area contributed by atoms with E-state index in [0.29, 0.717) is 18.7 Å². The lowest BCUT2D eigenvalue weighted by Gasteiger charge is -2.40. The van der Waals surface area contributed by atoms with Crippen molar-refractivity contribution < 1.29 is 27.9 Å². The Morgan fingerprint density at radius 1 is 1.08 bits per heavy atom. The number of hydrogen-bond donors (Lipinski definition) is 2.